The van der Waals surface area contributed by atoms with Crippen LogP contribution in [0.25, 0.3) is 10.9 Å². The molecule has 0 aliphatic rings. The molecule has 0 spiro atoms. The number of para-hydroxylation sites is 1. The number of halogens is 1. The third-order valence-electron chi connectivity index (χ3n) is 4.23. The van der Waals surface area contributed by atoms with Gasteiger partial charge in [-0.25, -0.2) is 4.39 Å². The van der Waals surface area contributed by atoms with Crippen molar-refractivity contribution in [3.63, 3.8) is 0 Å². The molecule has 0 fully saturated rings. The summed E-state index contributed by atoms with van der Waals surface area (Å²) in [6, 6.07) is 25.7. The van der Waals surface area contributed by atoms with E-state index < -0.39 is 0 Å². The molecular formula is C22H18FNS. The molecular weight excluding hydrogens is 329 g/mol. The minimum atomic E-state index is -0.187. The van der Waals surface area contributed by atoms with Gasteiger partial charge in [-0.1, -0.05) is 60.7 Å². The molecule has 0 bridgehead atoms. The first kappa shape index (κ1) is 16.0. The van der Waals surface area contributed by atoms with E-state index in [1.807, 2.05) is 23.9 Å². The number of rotatable bonds is 5. The van der Waals surface area contributed by atoms with Crippen molar-refractivity contribution < 1.29 is 4.39 Å². The Morgan fingerprint density at radius 2 is 1.56 bits per heavy atom. The molecule has 1 aromatic heterocycles. The van der Waals surface area contributed by atoms with E-state index in [4.69, 9.17) is 0 Å². The van der Waals surface area contributed by atoms with Gasteiger partial charge in [0, 0.05) is 34.3 Å². The first-order chi connectivity index (χ1) is 12.3. The van der Waals surface area contributed by atoms with Gasteiger partial charge in [0.1, 0.15) is 5.82 Å². The van der Waals surface area contributed by atoms with Gasteiger partial charge >= 0.3 is 0 Å². The average Bonchev–Trinajstić information content (AvgIpc) is 2.99. The SMILES string of the molecule is Fc1cccc(Cn2cc(SCc3ccccc3)c3ccccc32)c1. The number of benzene rings is 3. The van der Waals surface area contributed by atoms with Gasteiger partial charge in [-0.05, 0) is 29.3 Å². The molecule has 0 atom stereocenters. The van der Waals surface area contributed by atoms with Crippen LogP contribution in [0.5, 0.6) is 0 Å². The fourth-order valence-electron chi connectivity index (χ4n) is 3.03. The second kappa shape index (κ2) is 7.16. The van der Waals surface area contributed by atoms with E-state index in [0.29, 0.717) is 6.54 Å². The maximum atomic E-state index is 13.5. The molecule has 0 saturated carbocycles. The van der Waals surface area contributed by atoms with E-state index in [9.17, 15) is 4.39 Å². The smallest absolute Gasteiger partial charge is 0.123 e. The second-order valence-corrected chi connectivity index (χ2v) is 7.06. The zero-order chi connectivity index (χ0) is 17.1. The predicted octanol–water partition coefficient (Wildman–Crippen LogP) is 6.12. The lowest BCUT2D eigenvalue weighted by molar-refractivity contribution is 0.624. The molecule has 0 radical (unpaired) electrons. The summed E-state index contributed by atoms with van der Waals surface area (Å²) in [7, 11) is 0. The first-order valence-electron chi connectivity index (χ1n) is 8.28. The maximum absolute atomic E-state index is 13.5. The molecule has 0 unspecified atom stereocenters. The number of hydrogen-bond donors (Lipinski definition) is 0. The summed E-state index contributed by atoms with van der Waals surface area (Å²) in [4.78, 5) is 1.26. The lowest BCUT2D eigenvalue weighted by atomic mass is 10.2. The maximum Gasteiger partial charge on any atom is 0.123 e. The highest BCUT2D eigenvalue weighted by Gasteiger charge is 2.09. The number of hydrogen-bond acceptors (Lipinski definition) is 1. The topological polar surface area (TPSA) is 4.93 Å². The van der Waals surface area contributed by atoms with Gasteiger partial charge in [0.2, 0.25) is 0 Å². The number of aromatic nitrogens is 1. The Morgan fingerprint density at radius 1 is 0.800 bits per heavy atom. The van der Waals surface area contributed by atoms with Crippen molar-refractivity contribution in [2.45, 2.75) is 17.2 Å². The first-order valence-corrected chi connectivity index (χ1v) is 9.27. The summed E-state index contributed by atoms with van der Waals surface area (Å²) in [5.74, 6) is 0.752. The molecule has 0 aliphatic heterocycles. The monoisotopic (exact) mass is 347 g/mol. The zero-order valence-corrected chi connectivity index (χ0v) is 14.5. The number of nitrogens with zero attached hydrogens (tertiary/aromatic N) is 1. The van der Waals surface area contributed by atoms with Crippen LogP contribution < -0.4 is 0 Å². The van der Waals surface area contributed by atoms with Gasteiger partial charge in [-0.15, -0.1) is 11.8 Å². The zero-order valence-electron chi connectivity index (χ0n) is 13.7. The lowest BCUT2D eigenvalue weighted by Crippen LogP contribution is -1.98. The number of thioether (sulfide) groups is 1. The van der Waals surface area contributed by atoms with E-state index in [2.05, 4.69) is 59.3 Å². The normalized spacial score (nSPS) is 11.1. The molecule has 0 aliphatic carbocycles. The van der Waals surface area contributed by atoms with Crippen LogP contribution in [0.2, 0.25) is 0 Å². The fraction of sp³-hybridized carbons (Fsp3) is 0.0909. The Kier molecular flexibility index (Phi) is 4.57. The molecule has 25 heavy (non-hydrogen) atoms. The van der Waals surface area contributed by atoms with Gasteiger partial charge in [-0.3, -0.25) is 0 Å². The number of fused-ring (bicyclic) bond motifs is 1. The molecule has 1 nitrogen and oxygen atoms in total. The third kappa shape index (κ3) is 3.62. The summed E-state index contributed by atoms with van der Waals surface area (Å²) in [5.41, 5.74) is 3.47. The Balaban J connectivity index is 1.64. The van der Waals surface area contributed by atoms with Crippen LogP contribution in [0.1, 0.15) is 11.1 Å². The van der Waals surface area contributed by atoms with Crippen molar-refractivity contribution >= 4 is 22.7 Å². The Hall–Kier alpha value is -2.52. The van der Waals surface area contributed by atoms with Crippen LogP contribution in [0.15, 0.2) is 90.0 Å². The van der Waals surface area contributed by atoms with E-state index >= 15 is 0 Å². The van der Waals surface area contributed by atoms with Crippen LogP contribution in [-0.2, 0) is 12.3 Å². The van der Waals surface area contributed by atoms with E-state index in [0.717, 1.165) is 11.3 Å². The third-order valence-corrected chi connectivity index (χ3v) is 5.35. The fourth-order valence-corrected chi connectivity index (χ4v) is 4.07. The molecule has 1 heterocycles. The molecule has 0 amide bonds. The summed E-state index contributed by atoms with van der Waals surface area (Å²) >= 11 is 1.84. The average molecular weight is 347 g/mol. The highest BCUT2D eigenvalue weighted by Crippen LogP contribution is 2.32. The van der Waals surface area contributed by atoms with Crippen LogP contribution in [0.3, 0.4) is 0 Å². The molecule has 3 heteroatoms. The minimum absolute atomic E-state index is 0.187. The molecule has 0 saturated heterocycles. The Morgan fingerprint density at radius 3 is 2.40 bits per heavy atom. The molecule has 4 aromatic rings. The van der Waals surface area contributed by atoms with Crippen LogP contribution in [-0.4, -0.2) is 4.57 Å². The van der Waals surface area contributed by atoms with Crippen molar-refractivity contribution in [1.82, 2.24) is 4.57 Å². The van der Waals surface area contributed by atoms with Crippen LogP contribution in [0.4, 0.5) is 4.39 Å². The van der Waals surface area contributed by atoms with Crippen molar-refractivity contribution in [3.05, 3.63) is 102 Å². The van der Waals surface area contributed by atoms with Crippen molar-refractivity contribution in [2.75, 3.05) is 0 Å². The summed E-state index contributed by atoms with van der Waals surface area (Å²) in [5, 5.41) is 1.25. The standard InChI is InChI=1S/C22H18FNS/c23-19-10-6-9-18(13-19)14-24-15-22(20-11-4-5-12-21(20)24)25-16-17-7-2-1-3-8-17/h1-13,15H,14,16H2. The van der Waals surface area contributed by atoms with Crippen molar-refractivity contribution in [2.24, 2.45) is 0 Å². The summed E-state index contributed by atoms with van der Waals surface area (Å²) < 4.78 is 15.7. The van der Waals surface area contributed by atoms with Gasteiger partial charge in [0.15, 0.2) is 0 Å². The highest BCUT2D eigenvalue weighted by atomic mass is 32.2. The van der Waals surface area contributed by atoms with Crippen molar-refractivity contribution in [1.29, 1.82) is 0 Å². The molecule has 4 rings (SSSR count). The van der Waals surface area contributed by atoms with Gasteiger partial charge < -0.3 is 4.57 Å². The highest BCUT2D eigenvalue weighted by molar-refractivity contribution is 7.98. The van der Waals surface area contributed by atoms with Gasteiger partial charge in [0.05, 0.1) is 0 Å². The Labute approximate surface area is 151 Å². The quantitative estimate of drug-likeness (QED) is 0.394. The van der Waals surface area contributed by atoms with Gasteiger partial charge in [0.25, 0.3) is 0 Å². The van der Waals surface area contributed by atoms with Crippen LogP contribution >= 0.6 is 11.8 Å². The van der Waals surface area contributed by atoms with Crippen LogP contribution in [0, 0.1) is 5.82 Å². The molecule has 124 valence electrons. The van der Waals surface area contributed by atoms with E-state index in [-0.39, 0.29) is 5.82 Å². The minimum Gasteiger partial charge on any atom is -0.342 e. The summed E-state index contributed by atoms with van der Waals surface area (Å²) in [6.07, 6.45) is 2.18. The molecule has 0 N–H and O–H groups in total. The summed E-state index contributed by atoms with van der Waals surface area (Å²) in [6.45, 7) is 0.671. The van der Waals surface area contributed by atoms with Crippen molar-refractivity contribution in [3.8, 4) is 0 Å². The lowest BCUT2D eigenvalue weighted by Gasteiger charge is -2.05. The predicted molar refractivity (Wildman–Crippen MR) is 103 cm³/mol. The van der Waals surface area contributed by atoms with E-state index in [1.54, 1.807) is 12.1 Å². The largest absolute Gasteiger partial charge is 0.342 e. The molecule has 3 aromatic carbocycles. The van der Waals surface area contributed by atoms with E-state index in [1.165, 1.54) is 27.4 Å². The Bertz CT molecular complexity index is 991. The van der Waals surface area contributed by atoms with Gasteiger partial charge in [-0.2, -0.15) is 0 Å². The second-order valence-electron chi connectivity index (χ2n) is 6.04.